The average molecular weight is 352 g/mol. The molecule has 3 nitrogen and oxygen atoms in total. The monoisotopic (exact) mass is 352 g/mol. The van der Waals surface area contributed by atoms with Gasteiger partial charge in [-0.2, -0.15) is 0 Å². The van der Waals surface area contributed by atoms with Crippen LogP contribution in [-0.2, 0) is 15.9 Å². The van der Waals surface area contributed by atoms with Gasteiger partial charge in [-0.15, -0.1) is 0 Å². The summed E-state index contributed by atoms with van der Waals surface area (Å²) >= 11 is 0. The first-order valence-electron chi connectivity index (χ1n) is 8.08. The van der Waals surface area contributed by atoms with E-state index in [9.17, 15) is 4.57 Å². The Hall–Kier alpha value is -2.35. The van der Waals surface area contributed by atoms with Crippen molar-refractivity contribution >= 4 is 23.1 Å². The Bertz CT molecular complexity index is 833. The molecule has 0 heterocycles. The molecular weight excluding hydrogens is 331 g/mol. The number of benzene rings is 3. The van der Waals surface area contributed by atoms with E-state index in [4.69, 9.17) is 9.47 Å². The Balaban J connectivity index is 2.37. The highest BCUT2D eigenvalue weighted by Crippen LogP contribution is 2.46. The van der Waals surface area contributed by atoms with Gasteiger partial charge in [0.2, 0.25) is 0 Å². The molecule has 4 heteroatoms. The maximum atomic E-state index is 14.6. The van der Waals surface area contributed by atoms with Crippen LogP contribution in [0.2, 0.25) is 0 Å². The predicted octanol–water partition coefficient (Wildman–Crippen LogP) is 3.48. The molecule has 0 N–H and O–H groups in total. The van der Waals surface area contributed by atoms with Crippen molar-refractivity contribution < 1.29 is 14.0 Å². The normalized spacial score (nSPS) is 11.3. The van der Waals surface area contributed by atoms with E-state index >= 15 is 0 Å². The Morgan fingerprint density at radius 1 is 0.760 bits per heavy atom. The maximum Gasteiger partial charge on any atom is 0.175 e. The number of rotatable bonds is 6. The molecule has 0 fully saturated rings. The largest absolute Gasteiger partial charge is 0.496 e. The summed E-state index contributed by atoms with van der Waals surface area (Å²) in [6.45, 7) is 0.371. The van der Waals surface area contributed by atoms with E-state index in [1.54, 1.807) is 14.2 Å². The van der Waals surface area contributed by atoms with Crippen LogP contribution in [0.15, 0.2) is 78.9 Å². The topological polar surface area (TPSA) is 35.5 Å². The zero-order valence-electron chi connectivity index (χ0n) is 14.4. The lowest BCUT2D eigenvalue weighted by atomic mass is 10.2. The van der Waals surface area contributed by atoms with Gasteiger partial charge < -0.3 is 14.0 Å². The first-order chi connectivity index (χ1) is 12.2. The van der Waals surface area contributed by atoms with Crippen molar-refractivity contribution in [3.05, 3.63) is 84.4 Å². The van der Waals surface area contributed by atoms with Gasteiger partial charge in [-0.25, -0.2) is 0 Å². The minimum Gasteiger partial charge on any atom is -0.496 e. The summed E-state index contributed by atoms with van der Waals surface area (Å²) in [7, 11) is 0.142. The van der Waals surface area contributed by atoms with E-state index in [1.165, 1.54) is 0 Å². The summed E-state index contributed by atoms with van der Waals surface area (Å²) in [5.41, 5.74) is 0.873. The average Bonchev–Trinajstić information content (AvgIpc) is 2.69. The van der Waals surface area contributed by atoms with E-state index in [0.29, 0.717) is 17.7 Å². The van der Waals surface area contributed by atoms with Gasteiger partial charge >= 0.3 is 0 Å². The van der Waals surface area contributed by atoms with Gasteiger partial charge in [-0.05, 0) is 11.6 Å². The molecule has 0 spiro atoms. The molecule has 0 saturated heterocycles. The van der Waals surface area contributed by atoms with Crippen LogP contribution in [0.5, 0.6) is 5.75 Å². The molecule has 128 valence electrons. The number of hydrogen-bond acceptors (Lipinski definition) is 3. The molecule has 3 rings (SSSR count). The minimum absolute atomic E-state index is 0.371. The molecule has 0 aromatic heterocycles. The van der Waals surface area contributed by atoms with Gasteiger partial charge in [-0.3, -0.25) is 0 Å². The molecule has 0 aliphatic carbocycles. The lowest BCUT2D eigenvalue weighted by Gasteiger charge is -2.24. The minimum atomic E-state index is -3.10. The van der Waals surface area contributed by atoms with Crippen molar-refractivity contribution in [1.82, 2.24) is 0 Å². The molecule has 3 aromatic rings. The molecule has 0 amide bonds. The SMILES string of the molecule is COCc1cccc(OC)c1P(=O)(c1ccccc1)c1ccccc1. The summed E-state index contributed by atoms with van der Waals surface area (Å²) in [6, 6.07) is 24.9. The Morgan fingerprint density at radius 3 is 1.80 bits per heavy atom. The van der Waals surface area contributed by atoms with Gasteiger partial charge in [0, 0.05) is 17.7 Å². The van der Waals surface area contributed by atoms with Crippen LogP contribution >= 0.6 is 7.14 Å². The van der Waals surface area contributed by atoms with Crippen LogP contribution in [0.25, 0.3) is 0 Å². The summed E-state index contributed by atoms with van der Waals surface area (Å²) in [5, 5.41) is 2.27. The van der Waals surface area contributed by atoms with Crippen LogP contribution in [0.4, 0.5) is 0 Å². The van der Waals surface area contributed by atoms with Crippen LogP contribution < -0.4 is 20.7 Å². The van der Waals surface area contributed by atoms with Gasteiger partial charge in [0.15, 0.2) is 7.14 Å². The smallest absolute Gasteiger partial charge is 0.175 e. The van der Waals surface area contributed by atoms with E-state index in [1.807, 2.05) is 78.9 Å². The van der Waals surface area contributed by atoms with Gasteiger partial charge in [0.1, 0.15) is 5.75 Å². The number of ether oxygens (including phenoxy) is 2. The van der Waals surface area contributed by atoms with Crippen molar-refractivity contribution in [2.24, 2.45) is 0 Å². The van der Waals surface area contributed by atoms with Crippen molar-refractivity contribution in [1.29, 1.82) is 0 Å². The van der Waals surface area contributed by atoms with Crippen LogP contribution in [0.3, 0.4) is 0 Å². The molecule has 0 atom stereocenters. The Morgan fingerprint density at radius 2 is 1.32 bits per heavy atom. The molecule has 0 aliphatic rings. The summed E-state index contributed by atoms with van der Waals surface area (Å²) in [6.07, 6.45) is 0. The molecule has 25 heavy (non-hydrogen) atoms. The van der Waals surface area contributed by atoms with E-state index in [0.717, 1.165) is 16.2 Å². The zero-order valence-corrected chi connectivity index (χ0v) is 15.3. The second-order valence-corrected chi connectivity index (χ2v) is 8.38. The second-order valence-electron chi connectivity index (χ2n) is 5.68. The fourth-order valence-electron chi connectivity index (χ4n) is 3.04. The second kappa shape index (κ2) is 7.69. The quantitative estimate of drug-likeness (QED) is 0.637. The van der Waals surface area contributed by atoms with Gasteiger partial charge in [0.05, 0.1) is 19.0 Å². The first-order valence-corrected chi connectivity index (χ1v) is 9.79. The van der Waals surface area contributed by atoms with E-state index in [-0.39, 0.29) is 0 Å². The Labute approximate surface area is 148 Å². The van der Waals surface area contributed by atoms with Crippen LogP contribution in [0, 0.1) is 0 Å². The fourth-order valence-corrected chi connectivity index (χ4v) is 6.06. The molecular formula is C21H21O3P. The molecule has 0 bridgehead atoms. The summed E-state index contributed by atoms with van der Waals surface area (Å²) in [4.78, 5) is 0. The lowest BCUT2D eigenvalue weighted by molar-refractivity contribution is 0.185. The maximum absolute atomic E-state index is 14.6. The molecule has 0 saturated carbocycles. The third-order valence-corrected chi connectivity index (χ3v) is 7.34. The van der Waals surface area contributed by atoms with Crippen molar-refractivity contribution in [2.45, 2.75) is 6.61 Å². The highest BCUT2D eigenvalue weighted by molar-refractivity contribution is 7.85. The third-order valence-electron chi connectivity index (χ3n) is 4.16. The van der Waals surface area contributed by atoms with E-state index in [2.05, 4.69) is 0 Å². The standard InChI is InChI=1S/C21H21O3P/c1-23-16-17-10-9-15-20(24-2)21(17)25(22,18-11-5-3-6-12-18)19-13-7-4-8-14-19/h3-15H,16H2,1-2H3. The molecule has 0 unspecified atom stereocenters. The third kappa shape index (κ3) is 3.26. The van der Waals surface area contributed by atoms with Crippen molar-refractivity contribution in [3.63, 3.8) is 0 Å². The highest BCUT2D eigenvalue weighted by atomic mass is 31.2. The first kappa shape index (κ1) is 17.5. The van der Waals surface area contributed by atoms with Gasteiger partial charge in [-0.1, -0.05) is 72.8 Å². The van der Waals surface area contributed by atoms with Crippen molar-refractivity contribution in [3.8, 4) is 5.75 Å². The highest BCUT2D eigenvalue weighted by Gasteiger charge is 2.34. The fraction of sp³-hybridized carbons (Fsp3) is 0.143. The molecule has 0 radical (unpaired) electrons. The molecule has 3 aromatic carbocycles. The van der Waals surface area contributed by atoms with Crippen LogP contribution in [0.1, 0.15) is 5.56 Å². The Kier molecular flexibility index (Phi) is 5.37. The summed E-state index contributed by atoms with van der Waals surface area (Å²) in [5.74, 6) is 0.616. The van der Waals surface area contributed by atoms with Crippen LogP contribution in [-0.4, -0.2) is 14.2 Å². The van der Waals surface area contributed by atoms with Gasteiger partial charge in [0.25, 0.3) is 0 Å². The lowest BCUT2D eigenvalue weighted by Crippen LogP contribution is -2.28. The molecule has 0 aliphatic heterocycles. The van der Waals surface area contributed by atoms with E-state index < -0.39 is 7.14 Å². The number of hydrogen-bond donors (Lipinski definition) is 0. The number of methoxy groups -OCH3 is 2. The zero-order chi connectivity index (χ0) is 17.7. The predicted molar refractivity (Wildman–Crippen MR) is 103 cm³/mol. The summed E-state index contributed by atoms with van der Waals surface area (Å²) < 4.78 is 25.5. The van der Waals surface area contributed by atoms with Crippen molar-refractivity contribution in [2.75, 3.05) is 14.2 Å².